The topological polar surface area (TPSA) is 96.9 Å². The number of nitrogens with one attached hydrogen (secondary N) is 1. The van der Waals surface area contributed by atoms with E-state index in [1.807, 2.05) is 0 Å². The van der Waals surface area contributed by atoms with Crippen LogP contribution >= 0.6 is 0 Å². The molecule has 13 heavy (non-hydrogen) atoms. The molecular formula is C7H15N3O3. The van der Waals surface area contributed by atoms with Crippen LogP contribution in [0.3, 0.4) is 0 Å². The number of carbonyl (C=O) groups is 1. The molecule has 0 heterocycles. The lowest BCUT2D eigenvalue weighted by molar-refractivity contribution is 0.146. The van der Waals surface area contributed by atoms with Crippen LogP contribution in [-0.4, -0.2) is 29.3 Å². The summed E-state index contributed by atoms with van der Waals surface area (Å²) >= 11 is 0. The minimum Gasteiger partial charge on any atom is -0.450 e. The van der Waals surface area contributed by atoms with E-state index in [4.69, 9.17) is 10.9 Å². The molecule has 1 amide bonds. The Morgan fingerprint density at radius 2 is 2.23 bits per heavy atom. The van der Waals surface area contributed by atoms with E-state index in [0.29, 0.717) is 0 Å². The zero-order chi connectivity index (χ0) is 10.5. The van der Waals surface area contributed by atoms with Crippen LogP contribution < -0.4 is 11.1 Å². The van der Waals surface area contributed by atoms with Gasteiger partial charge >= 0.3 is 6.09 Å². The molecule has 0 bridgehead atoms. The third-order valence-electron chi connectivity index (χ3n) is 1.44. The maximum absolute atomic E-state index is 11.0. The van der Waals surface area contributed by atoms with Crippen LogP contribution in [0.4, 0.5) is 4.79 Å². The minimum absolute atomic E-state index is 0.0828. The molecule has 0 radical (unpaired) electrons. The fourth-order valence-electron chi connectivity index (χ4n) is 0.611. The molecule has 6 nitrogen and oxygen atoms in total. The van der Waals surface area contributed by atoms with Gasteiger partial charge in [0.25, 0.3) is 0 Å². The Kier molecular flexibility index (Phi) is 4.03. The van der Waals surface area contributed by atoms with Gasteiger partial charge in [-0.05, 0) is 20.8 Å². The van der Waals surface area contributed by atoms with E-state index in [1.54, 1.807) is 20.8 Å². The fourth-order valence-corrected chi connectivity index (χ4v) is 0.611. The average molecular weight is 189 g/mol. The van der Waals surface area contributed by atoms with Crippen molar-refractivity contribution in [2.45, 2.75) is 26.3 Å². The molecule has 0 fully saturated rings. The first-order valence-electron chi connectivity index (χ1n) is 3.87. The number of nitrogens with zero attached hydrogens (tertiary/aromatic N) is 1. The van der Waals surface area contributed by atoms with Crippen LogP contribution in [0.25, 0.3) is 0 Å². The molecule has 0 aliphatic carbocycles. The highest BCUT2D eigenvalue weighted by Gasteiger charge is 2.26. The van der Waals surface area contributed by atoms with Crippen LogP contribution in [0.5, 0.6) is 0 Å². The third kappa shape index (κ3) is 3.64. The quantitative estimate of drug-likeness (QED) is 0.257. The predicted octanol–water partition coefficient (Wildman–Crippen LogP) is 0.258. The number of ether oxygens (including phenoxy) is 1. The van der Waals surface area contributed by atoms with Crippen LogP contribution in [0.2, 0.25) is 0 Å². The van der Waals surface area contributed by atoms with Gasteiger partial charge in [0.15, 0.2) is 5.84 Å². The molecule has 0 aromatic carbocycles. The van der Waals surface area contributed by atoms with Crippen LogP contribution in [0, 0.1) is 0 Å². The third-order valence-corrected chi connectivity index (χ3v) is 1.44. The molecule has 0 saturated heterocycles. The Labute approximate surface area is 76.7 Å². The van der Waals surface area contributed by atoms with Crippen LogP contribution in [0.1, 0.15) is 20.8 Å². The number of alkyl carbamates (subject to hydrolysis) is 1. The Bertz CT molecular complexity index is 213. The first-order chi connectivity index (χ1) is 5.94. The van der Waals surface area contributed by atoms with Gasteiger partial charge in [-0.1, -0.05) is 5.16 Å². The van der Waals surface area contributed by atoms with Gasteiger partial charge in [-0.2, -0.15) is 0 Å². The Hall–Kier alpha value is -1.46. The molecule has 0 unspecified atom stereocenters. The zero-order valence-electron chi connectivity index (χ0n) is 8.00. The van der Waals surface area contributed by atoms with Crippen molar-refractivity contribution in [3.05, 3.63) is 0 Å². The maximum atomic E-state index is 11.0. The van der Waals surface area contributed by atoms with Gasteiger partial charge in [0.05, 0.1) is 12.1 Å². The number of oxime groups is 1. The number of hydrogen-bond donors (Lipinski definition) is 3. The Balaban J connectivity index is 4.25. The van der Waals surface area contributed by atoms with E-state index in [-0.39, 0.29) is 12.4 Å². The monoisotopic (exact) mass is 189 g/mol. The summed E-state index contributed by atoms with van der Waals surface area (Å²) in [4.78, 5) is 11.0. The molecule has 0 aromatic rings. The maximum Gasteiger partial charge on any atom is 0.407 e. The zero-order valence-corrected chi connectivity index (χ0v) is 8.00. The molecular weight excluding hydrogens is 174 g/mol. The number of amidine groups is 1. The lowest BCUT2D eigenvalue weighted by Gasteiger charge is -2.23. The van der Waals surface area contributed by atoms with Gasteiger partial charge in [0, 0.05) is 0 Å². The summed E-state index contributed by atoms with van der Waals surface area (Å²) < 4.78 is 4.63. The van der Waals surface area contributed by atoms with Gasteiger partial charge < -0.3 is 21.0 Å². The molecule has 0 rings (SSSR count). The van der Waals surface area contributed by atoms with Crippen LogP contribution in [-0.2, 0) is 4.74 Å². The van der Waals surface area contributed by atoms with E-state index >= 15 is 0 Å². The van der Waals surface area contributed by atoms with E-state index in [1.165, 1.54) is 0 Å². The predicted molar refractivity (Wildman–Crippen MR) is 47.6 cm³/mol. The summed E-state index contributed by atoms with van der Waals surface area (Å²) in [7, 11) is 0. The van der Waals surface area contributed by atoms with Crippen molar-refractivity contribution >= 4 is 11.9 Å². The molecule has 0 spiro atoms. The summed E-state index contributed by atoms with van der Waals surface area (Å²) in [6.45, 7) is 5.16. The molecule has 0 aliphatic rings. The fraction of sp³-hybridized carbons (Fsp3) is 0.714. The van der Waals surface area contributed by atoms with Gasteiger partial charge in [0.1, 0.15) is 0 Å². The second-order valence-electron chi connectivity index (χ2n) is 2.96. The van der Waals surface area contributed by atoms with Crippen molar-refractivity contribution in [3.8, 4) is 0 Å². The number of rotatable bonds is 3. The summed E-state index contributed by atoms with van der Waals surface area (Å²) in [5, 5.41) is 13.6. The summed E-state index contributed by atoms with van der Waals surface area (Å²) in [6.07, 6.45) is -0.598. The lowest BCUT2D eigenvalue weighted by atomic mass is 10.1. The highest BCUT2D eigenvalue weighted by atomic mass is 16.5. The molecule has 0 saturated carbocycles. The lowest BCUT2D eigenvalue weighted by Crippen LogP contribution is -2.53. The first-order valence-corrected chi connectivity index (χ1v) is 3.87. The SMILES string of the molecule is CCOC(=O)NC(C)(C)/C(N)=N/O. The largest absolute Gasteiger partial charge is 0.450 e. The van der Waals surface area contributed by atoms with Gasteiger partial charge in [-0.3, -0.25) is 0 Å². The normalized spacial score (nSPS) is 12.4. The van der Waals surface area contributed by atoms with Crippen molar-refractivity contribution in [2.75, 3.05) is 6.61 Å². The highest BCUT2D eigenvalue weighted by molar-refractivity contribution is 5.91. The molecule has 0 aliphatic heterocycles. The molecule has 0 aromatic heterocycles. The van der Waals surface area contributed by atoms with E-state index < -0.39 is 11.6 Å². The number of carbonyl (C=O) groups excluding carboxylic acids is 1. The Morgan fingerprint density at radius 1 is 1.69 bits per heavy atom. The van der Waals surface area contributed by atoms with Gasteiger partial charge in [-0.15, -0.1) is 0 Å². The van der Waals surface area contributed by atoms with Crippen molar-refractivity contribution in [1.82, 2.24) is 5.32 Å². The summed E-state index contributed by atoms with van der Waals surface area (Å²) in [5.41, 5.74) is 4.41. The first kappa shape index (κ1) is 11.5. The molecule has 0 atom stereocenters. The summed E-state index contributed by atoms with van der Waals surface area (Å²) in [5.74, 6) is -0.0828. The van der Waals surface area contributed by atoms with Crippen LogP contribution in [0.15, 0.2) is 5.16 Å². The number of amides is 1. The number of hydrogen-bond acceptors (Lipinski definition) is 4. The average Bonchev–Trinajstić information content (AvgIpc) is 2.02. The molecule has 6 heteroatoms. The Morgan fingerprint density at radius 3 is 2.62 bits per heavy atom. The van der Waals surface area contributed by atoms with E-state index in [0.717, 1.165) is 0 Å². The summed E-state index contributed by atoms with van der Waals surface area (Å²) in [6, 6.07) is 0. The second kappa shape index (κ2) is 4.54. The van der Waals surface area contributed by atoms with Crippen molar-refractivity contribution < 1.29 is 14.7 Å². The molecule has 76 valence electrons. The number of nitrogens with two attached hydrogens (primary N) is 1. The van der Waals surface area contributed by atoms with Gasteiger partial charge in [-0.25, -0.2) is 4.79 Å². The van der Waals surface area contributed by atoms with Gasteiger partial charge in [0.2, 0.25) is 0 Å². The van der Waals surface area contributed by atoms with E-state index in [9.17, 15) is 4.79 Å². The molecule has 4 N–H and O–H groups in total. The standard InChI is InChI=1S/C7H15N3O3/c1-4-13-6(11)9-7(2,3)5(8)10-12/h12H,4H2,1-3H3,(H2,8,10)(H,9,11). The highest BCUT2D eigenvalue weighted by Crippen LogP contribution is 2.01. The van der Waals surface area contributed by atoms with E-state index in [2.05, 4.69) is 15.2 Å². The second-order valence-corrected chi connectivity index (χ2v) is 2.96. The minimum atomic E-state index is -0.916. The van der Waals surface area contributed by atoms with Crippen molar-refractivity contribution in [2.24, 2.45) is 10.9 Å². The van der Waals surface area contributed by atoms with Crippen molar-refractivity contribution in [3.63, 3.8) is 0 Å². The smallest absolute Gasteiger partial charge is 0.407 e. The van der Waals surface area contributed by atoms with Crippen molar-refractivity contribution in [1.29, 1.82) is 0 Å².